The Kier molecular flexibility index (Phi) is 4.91. The third-order valence-corrected chi connectivity index (χ3v) is 2.14. The van der Waals surface area contributed by atoms with E-state index in [9.17, 15) is 9.90 Å². The van der Waals surface area contributed by atoms with Crippen LogP contribution >= 0.6 is 0 Å². The lowest BCUT2D eigenvalue weighted by molar-refractivity contribution is -0.130. The second-order valence-corrected chi connectivity index (χ2v) is 4.15. The molecule has 6 nitrogen and oxygen atoms in total. The molecule has 0 aliphatic carbocycles. The molecule has 1 aromatic heterocycles. The smallest absolute Gasteiger partial charge is 0.248 e. The lowest BCUT2D eigenvalue weighted by atomic mass is 10.1. The van der Waals surface area contributed by atoms with Crippen molar-refractivity contribution >= 4 is 5.91 Å². The first-order valence-electron chi connectivity index (χ1n) is 5.40. The number of hydrogen-bond acceptors (Lipinski definition) is 4. The fraction of sp³-hybridized carbons (Fsp3) is 0.700. The molecule has 0 aromatic carbocycles. The van der Waals surface area contributed by atoms with Gasteiger partial charge in [-0.25, -0.2) is 0 Å². The van der Waals surface area contributed by atoms with Crippen molar-refractivity contribution in [3.63, 3.8) is 0 Å². The zero-order chi connectivity index (χ0) is 12.0. The second kappa shape index (κ2) is 6.22. The summed E-state index contributed by atoms with van der Waals surface area (Å²) >= 11 is 0. The van der Waals surface area contributed by atoms with E-state index in [0.29, 0.717) is 25.3 Å². The number of H-pyrrole nitrogens is 1. The molecule has 90 valence electrons. The summed E-state index contributed by atoms with van der Waals surface area (Å²) < 4.78 is 0. The maximum atomic E-state index is 11.4. The number of aliphatic hydroxyl groups is 1. The molecule has 1 heterocycles. The highest BCUT2D eigenvalue weighted by Crippen LogP contribution is 2.04. The van der Waals surface area contributed by atoms with Crippen molar-refractivity contribution in [2.75, 3.05) is 6.54 Å². The van der Waals surface area contributed by atoms with Crippen molar-refractivity contribution in [3.8, 4) is 0 Å². The summed E-state index contributed by atoms with van der Waals surface area (Å²) in [6.07, 6.45) is 1.78. The molecule has 0 saturated heterocycles. The minimum absolute atomic E-state index is 0.302. The SMILES string of the molecule is CC(C)C[C@@H](O)C(=O)NCCc1cn[nH]n1. The minimum Gasteiger partial charge on any atom is -0.383 e. The predicted octanol–water partition coefficient (Wildman–Crippen LogP) is -0.130. The summed E-state index contributed by atoms with van der Waals surface area (Å²) in [6, 6.07) is 0. The van der Waals surface area contributed by atoms with Gasteiger partial charge >= 0.3 is 0 Å². The monoisotopic (exact) mass is 226 g/mol. The van der Waals surface area contributed by atoms with Crippen LogP contribution in [0.15, 0.2) is 6.20 Å². The first-order valence-corrected chi connectivity index (χ1v) is 5.40. The fourth-order valence-electron chi connectivity index (χ4n) is 1.33. The molecule has 0 saturated carbocycles. The van der Waals surface area contributed by atoms with Crippen LogP contribution in [0.4, 0.5) is 0 Å². The number of aliphatic hydroxyl groups excluding tert-OH is 1. The standard InChI is InChI=1S/C10H18N4O2/c1-7(2)5-9(15)10(16)11-4-3-8-6-12-14-13-8/h6-7,9,15H,3-5H2,1-2H3,(H,11,16)(H,12,13,14)/t9-/m1/s1. The van der Waals surface area contributed by atoms with E-state index in [1.54, 1.807) is 6.20 Å². The second-order valence-electron chi connectivity index (χ2n) is 4.15. The van der Waals surface area contributed by atoms with Crippen molar-refractivity contribution in [2.24, 2.45) is 5.92 Å². The van der Waals surface area contributed by atoms with Gasteiger partial charge in [0, 0.05) is 13.0 Å². The van der Waals surface area contributed by atoms with E-state index in [1.165, 1.54) is 0 Å². The van der Waals surface area contributed by atoms with Crippen LogP contribution in [0.2, 0.25) is 0 Å². The molecule has 6 heteroatoms. The molecule has 1 rings (SSSR count). The summed E-state index contributed by atoms with van der Waals surface area (Å²) in [6.45, 7) is 4.39. The van der Waals surface area contributed by atoms with Gasteiger partial charge in [0.2, 0.25) is 5.91 Å². The molecule has 1 aromatic rings. The van der Waals surface area contributed by atoms with E-state index in [-0.39, 0.29) is 5.91 Å². The number of amides is 1. The number of rotatable bonds is 6. The van der Waals surface area contributed by atoms with Gasteiger partial charge in [0.15, 0.2) is 0 Å². The molecule has 0 bridgehead atoms. The Balaban J connectivity index is 2.19. The van der Waals surface area contributed by atoms with Crippen molar-refractivity contribution < 1.29 is 9.90 Å². The first kappa shape index (κ1) is 12.6. The van der Waals surface area contributed by atoms with E-state index in [4.69, 9.17) is 0 Å². The lowest BCUT2D eigenvalue weighted by Gasteiger charge is -2.12. The summed E-state index contributed by atoms with van der Waals surface area (Å²) in [5.41, 5.74) is 0.790. The van der Waals surface area contributed by atoms with E-state index < -0.39 is 6.10 Å². The highest BCUT2D eigenvalue weighted by atomic mass is 16.3. The molecule has 0 aliphatic rings. The predicted molar refractivity (Wildman–Crippen MR) is 58.6 cm³/mol. The van der Waals surface area contributed by atoms with Gasteiger partial charge in [0.1, 0.15) is 6.10 Å². The van der Waals surface area contributed by atoms with Crippen LogP contribution in [0, 0.1) is 5.92 Å². The Morgan fingerprint density at radius 3 is 2.94 bits per heavy atom. The van der Waals surface area contributed by atoms with Crippen molar-refractivity contribution in [1.82, 2.24) is 20.7 Å². The van der Waals surface area contributed by atoms with E-state index in [2.05, 4.69) is 20.7 Å². The van der Waals surface area contributed by atoms with Crippen LogP contribution in [-0.4, -0.2) is 39.1 Å². The van der Waals surface area contributed by atoms with Gasteiger partial charge in [-0.2, -0.15) is 15.4 Å². The average Bonchev–Trinajstić information content (AvgIpc) is 2.69. The number of nitrogens with zero attached hydrogens (tertiary/aromatic N) is 2. The van der Waals surface area contributed by atoms with Gasteiger partial charge in [-0.05, 0) is 12.3 Å². The van der Waals surface area contributed by atoms with Crippen molar-refractivity contribution in [1.29, 1.82) is 0 Å². The van der Waals surface area contributed by atoms with Crippen LogP contribution < -0.4 is 5.32 Å². The molecule has 0 aliphatic heterocycles. The molecule has 0 radical (unpaired) electrons. The van der Waals surface area contributed by atoms with Gasteiger partial charge in [-0.1, -0.05) is 13.8 Å². The summed E-state index contributed by atoms with van der Waals surface area (Å²) in [5, 5.41) is 22.2. The summed E-state index contributed by atoms with van der Waals surface area (Å²) in [4.78, 5) is 11.4. The summed E-state index contributed by atoms with van der Waals surface area (Å²) in [5.74, 6) is -0.0199. The Morgan fingerprint density at radius 1 is 1.62 bits per heavy atom. The maximum Gasteiger partial charge on any atom is 0.248 e. The Labute approximate surface area is 94.4 Å². The van der Waals surface area contributed by atoms with Gasteiger partial charge in [0.05, 0.1) is 11.9 Å². The molecule has 1 amide bonds. The molecule has 1 atom stereocenters. The van der Waals surface area contributed by atoms with Crippen molar-refractivity contribution in [3.05, 3.63) is 11.9 Å². The first-order chi connectivity index (χ1) is 7.59. The average molecular weight is 226 g/mol. The van der Waals surface area contributed by atoms with Crippen LogP contribution in [-0.2, 0) is 11.2 Å². The highest BCUT2D eigenvalue weighted by molar-refractivity contribution is 5.80. The quantitative estimate of drug-likeness (QED) is 0.630. The van der Waals surface area contributed by atoms with Crippen LogP contribution in [0.25, 0.3) is 0 Å². The Hall–Kier alpha value is -1.43. The van der Waals surface area contributed by atoms with Crippen LogP contribution in [0.5, 0.6) is 0 Å². The van der Waals surface area contributed by atoms with Crippen LogP contribution in [0.1, 0.15) is 26.0 Å². The summed E-state index contributed by atoms with van der Waals surface area (Å²) in [7, 11) is 0. The zero-order valence-electron chi connectivity index (χ0n) is 9.60. The van der Waals surface area contributed by atoms with Crippen LogP contribution in [0.3, 0.4) is 0 Å². The molecular weight excluding hydrogens is 208 g/mol. The van der Waals surface area contributed by atoms with E-state index in [0.717, 1.165) is 5.69 Å². The van der Waals surface area contributed by atoms with E-state index >= 15 is 0 Å². The third kappa shape index (κ3) is 4.39. The Morgan fingerprint density at radius 2 is 2.38 bits per heavy atom. The topological polar surface area (TPSA) is 90.9 Å². The van der Waals surface area contributed by atoms with E-state index in [1.807, 2.05) is 13.8 Å². The number of carbonyl (C=O) groups is 1. The maximum absolute atomic E-state index is 11.4. The number of hydrogen-bond donors (Lipinski definition) is 3. The Bertz CT molecular complexity index is 311. The van der Waals surface area contributed by atoms with Gasteiger partial charge in [-0.3, -0.25) is 4.79 Å². The molecule has 0 spiro atoms. The molecule has 16 heavy (non-hydrogen) atoms. The molecular formula is C10H18N4O2. The van der Waals surface area contributed by atoms with Crippen molar-refractivity contribution in [2.45, 2.75) is 32.8 Å². The lowest BCUT2D eigenvalue weighted by Crippen LogP contribution is -2.36. The highest BCUT2D eigenvalue weighted by Gasteiger charge is 2.15. The normalized spacial score (nSPS) is 12.8. The minimum atomic E-state index is -0.919. The number of carbonyl (C=O) groups excluding carboxylic acids is 1. The zero-order valence-corrected chi connectivity index (χ0v) is 9.60. The number of nitrogens with one attached hydrogen (secondary N) is 2. The van der Waals surface area contributed by atoms with Gasteiger partial charge in [-0.15, -0.1) is 0 Å². The fourth-order valence-corrected chi connectivity index (χ4v) is 1.33. The molecule has 3 N–H and O–H groups in total. The number of aromatic amines is 1. The molecule has 0 unspecified atom stereocenters. The third-order valence-electron chi connectivity index (χ3n) is 2.14. The number of aromatic nitrogens is 3. The molecule has 0 fully saturated rings. The van der Waals surface area contributed by atoms with Gasteiger partial charge in [0.25, 0.3) is 0 Å². The van der Waals surface area contributed by atoms with Gasteiger partial charge < -0.3 is 10.4 Å². The largest absolute Gasteiger partial charge is 0.383 e.